The van der Waals surface area contributed by atoms with Crippen molar-refractivity contribution in [2.24, 2.45) is 5.92 Å². The predicted octanol–water partition coefficient (Wildman–Crippen LogP) is 4.86. The first kappa shape index (κ1) is 17.6. The zero-order chi connectivity index (χ0) is 17.1. The highest BCUT2D eigenvalue weighted by molar-refractivity contribution is 9.12. The summed E-state index contributed by atoms with van der Waals surface area (Å²) in [4.78, 5) is 2.31. The van der Waals surface area contributed by atoms with Gasteiger partial charge in [-0.2, -0.15) is 0 Å². The zero-order valence-electron chi connectivity index (χ0n) is 14.4. The topological polar surface area (TPSA) is 3.24 Å². The lowest BCUT2D eigenvalue weighted by molar-refractivity contribution is 0.281. The molecule has 1 aliphatic carbocycles. The lowest BCUT2D eigenvalue weighted by Gasteiger charge is -2.32. The van der Waals surface area contributed by atoms with E-state index in [1.165, 1.54) is 20.4 Å². The second-order valence-electron chi connectivity index (χ2n) is 6.33. The highest BCUT2D eigenvalue weighted by atomic mass is 79.9. The molecular weight excluding hydrogens is 377 g/mol. The van der Waals surface area contributed by atoms with Gasteiger partial charge in [-0.15, -0.1) is 0 Å². The van der Waals surface area contributed by atoms with Crippen LogP contribution in [0, 0.1) is 5.92 Å². The van der Waals surface area contributed by atoms with E-state index in [0.29, 0.717) is 12.0 Å². The average Bonchev–Trinajstić information content (AvgIpc) is 2.98. The number of allylic oxidation sites excluding steroid dienone is 2. The van der Waals surface area contributed by atoms with E-state index in [2.05, 4.69) is 115 Å². The smallest absolute Gasteiger partial charge is 0.0222 e. The first-order chi connectivity index (χ1) is 11.6. The summed E-state index contributed by atoms with van der Waals surface area (Å²) in [5, 5.41) is 4.33. The molecule has 3 rings (SSSR count). The molecule has 0 heterocycles. The number of halogens is 1. The number of benzene rings is 2. The minimum atomic E-state index is -0.544. The molecule has 0 aliphatic heterocycles. The molecular formula is C21H23BrNP. The second kappa shape index (κ2) is 7.78. The first-order valence-corrected chi connectivity index (χ1v) is 10.4. The van der Waals surface area contributed by atoms with Crippen LogP contribution >= 0.6 is 23.9 Å². The molecule has 124 valence electrons. The van der Waals surface area contributed by atoms with Crippen molar-refractivity contribution in [1.82, 2.24) is 4.90 Å². The van der Waals surface area contributed by atoms with Gasteiger partial charge in [-0.1, -0.05) is 88.7 Å². The largest absolute Gasteiger partial charge is 0.306 e. The number of hydrogen-bond acceptors (Lipinski definition) is 1. The maximum atomic E-state index is 3.85. The van der Waals surface area contributed by atoms with Gasteiger partial charge < -0.3 is 4.90 Å². The van der Waals surface area contributed by atoms with Gasteiger partial charge in [-0.25, -0.2) is 0 Å². The minimum absolute atomic E-state index is 0.431. The van der Waals surface area contributed by atoms with Crippen molar-refractivity contribution in [1.29, 1.82) is 0 Å². The summed E-state index contributed by atoms with van der Waals surface area (Å²) in [5.74, 6) is 0.431. The molecule has 0 aromatic heterocycles. The van der Waals surface area contributed by atoms with E-state index in [0.717, 1.165) is 0 Å². The molecule has 2 aromatic carbocycles. The second-order valence-corrected chi connectivity index (χ2v) is 9.37. The van der Waals surface area contributed by atoms with Crippen LogP contribution in [0.4, 0.5) is 0 Å². The van der Waals surface area contributed by atoms with E-state index in [1.807, 2.05) is 0 Å². The fourth-order valence-corrected chi connectivity index (χ4v) is 6.70. The van der Waals surface area contributed by atoms with Gasteiger partial charge in [0.15, 0.2) is 0 Å². The van der Waals surface area contributed by atoms with Gasteiger partial charge in [0.05, 0.1) is 0 Å². The van der Waals surface area contributed by atoms with Gasteiger partial charge in [0.1, 0.15) is 0 Å². The molecule has 0 radical (unpaired) electrons. The molecule has 2 atom stereocenters. The Hall–Kier alpha value is -1.21. The van der Waals surface area contributed by atoms with E-state index in [-0.39, 0.29) is 0 Å². The fraction of sp³-hybridized carbons (Fsp3) is 0.238. The quantitative estimate of drug-likeness (QED) is 0.648. The highest BCUT2D eigenvalue weighted by Crippen LogP contribution is 2.53. The predicted molar refractivity (Wildman–Crippen MR) is 111 cm³/mol. The van der Waals surface area contributed by atoms with E-state index in [9.17, 15) is 0 Å². The summed E-state index contributed by atoms with van der Waals surface area (Å²) in [6.45, 7) is 2.31. The molecule has 3 heteroatoms. The number of nitrogens with zero attached hydrogens (tertiary/aromatic N) is 1. The van der Waals surface area contributed by atoms with Crippen LogP contribution in [0.25, 0.3) is 0 Å². The highest BCUT2D eigenvalue weighted by Gasteiger charge is 2.33. The van der Waals surface area contributed by atoms with Crippen LogP contribution in [0.15, 0.2) is 82.6 Å². The summed E-state index contributed by atoms with van der Waals surface area (Å²) in [6, 6.07) is 22.3. The van der Waals surface area contributed by atoms with Crippen LogP contribution in [0.3, 0.4) is 0 Å². The zero-order valence-corrected chi connectivity index (χ0v) is 16.8. The van der Waals surface area contributed by atoms with Crippen molar-refractivity contribution >= 4 is 34.5 Å². The normalized spacial score (nSPS) is 18.7. The van der Waals surface area contributed by atoms with Crippen LogP contribution in [0.1, 0.15) is 6.92 Å². The maximum Gasteiger partial charge on any atom is 0.0222 e. The molecule has 0 N–H and O–H groups in total. The van der Waals surface area contributed by atoms with E-state index in [4.69, 9.17) is 0 Å². The van der Waals surface area contributed by atoms with Gasteiger partial charge in [-0.3, -0.25) is 0 Å². The molecule has 0 amide bonds. The molecule has 0 fully saturated rings. The fourth-order valence-electron chi connectivity index (χ4n) is 3.07. The monoisotopic (exact) mass is 399 g/mol. The van der Waals surface area contributed by atoms with Crippen LogP contribution in [0.5, 0.6) is 0 Å². The Labute approximate surface area is 155 Å². The van der Waals surface area contributed by atoms with Crippen LogP contribution in [-0.4, -0.2) is 25.0 Å². The van der Waals surface area contributed by atoms with E-state index >= 15 is 0 Å². The standard InChI is InChI=1S/C21H23BrNP/c1-16(23(2)3)19-14-15-20(22)21(19)24(17-10-6-4-7-11-17)18-12-8-5-9-13-18/h4-16,19H,1-3H3. The molecule has 2 unspecified atom stereocenters. The molecule has 24 heavy (non-hydrogen) atoms. The van der Waals surface area contributed by atoms with Gasteiger partial charge in [-0.05, 0) is 44.9 Å². The maximum absolute atomic E-state index is 3.85. The van der Waals surface area contributed by atoms with Gasteiger partial charge in [0.25, 0.3) is 0 Å². The van der Waals surface area contributed by atoms with Crippen molar-refractivity contribution in [2.45, 2.75) is 13.0 Å². The van der Waals surface area contributed by atoms with E-state index in [1.54, 1.807) is 0 Å². The number of rotatable bonds is 5. The summed E-state index contributed by atoms with van der Waals surface area (Å²) < 4.78 is 1.25. The molecule has 0 bridgehead atoms. The average molecular weight is 400 g/mol. The SMILES string of the molecule is CC(C1C=CC(Br)=C1P(c1ccccc1)c1ccccc1)N(C)C. The molecule has 0 spiro atoms. The molecule has 1 nitrogen and oxygen atoms in total. The van der Waals surface area contributed by atoms with Gasteiger partial charge >= 0.3 is 0 Å². The third-order valence-electron chi connectivity index (χ3n) is 4.61. The van der Waals surface area contributed by atoms with Crippen molar-refractivity contribution in [2.75, 3.05) is 14.1 Å². The third-order valence-corrected chi connectivity index (χ3v) is 8.26. The summed E-state index contributed by atoms with van der Waals surface area (Å²) in [5.41, 5.74) is 0. The third kappa shape index (κ3) is 3.57. The molecule has 2 aromatic rings. The van der Waals surface area contributed by atoms with Crippen molar-refractivity contribution < 1.29 is 0 Å². The molecule has 1 aliphatic rings. The minimum Gasteiger partial charge on any atom is -0.306 e. The Bertz CT molecular complexity index is 697. The van der Waals surface area contributed by atoms with Crippen molar-refractivity contribution in [3.8, 4) is 0 Å². The van der Waals surface area contributed by atoms with Crippen LogP contribution in [0.2, 0.25) is 0 Å². The first-order valence-electron chi connectivity index (χ1n) is 8.24. The Morgan fingerprint density at radius 3 is 1.88 bits per heavy atom. The van der Waals surface area contributed by atoms with Crippen LogP contribution in [-0.2, 0) is 0 Å². The Morgan fingerprint density at radius 2 is 1.42 bits per heavy atom. The lowest BCUT2D eigenvalue weighted by Crippen LogP contribution is -2.33. The summed E-state index contributed by atoms with van der Waals surface area (Å²) in [6.07, 6.45) is 4.59. The Kier molecular flexibility index (Phi) is 5.71. The lowest BCUT2D eigenvalue weighted by atomic mass is 10.0. The van der Waals surface area contributed by atoms with E-state index < -0.39 is 7.92 Å². The van der Waals surface area contributed by atoms with Crippen molar-refractivity contribution in [3.05, 3.63) is 82.6 Å². The Morgan fingerprint density at radius 1 is 0.917 bits per heavy atom. The molecule has 0 saturated carbocycles. The summed E-state index contributed by atoms with van der Waals surface area (Å²) >= 11 is 3.85. The number of hydrogen-bond donors (Lipinski definition) is 0. The Balaban J connectivity index is 2.10. The van der Waals surface area contributed by atoms with Crippen molar-refractivity contribution in [3.63, 3.8) is 0 Å². The van der Waals surface area contributed by atoms with Gasteiger partial charge in [0.2, 0.25) is 0 Å². The van der Waals surface area contributed by atoms with Gasteiger partial charge in [0, 0.05) is 16.4 Å². The molecule has 0 saturated heterocycles. The van der Waals surface area contributed by atoms with Crippen LogP contribution < -0.4 is 10.6 Å². The summed E-state index contributed by atoms with van der Waals surface area (Å²) in [7, 11) is 3.78.